The number of amides is 1. The maximum absolute atomic E-state index is 12.2. The summed E-state index contributed by atoms with van der Waals surface area (Å²) < 4.78 is 1.91. The van der Waals surface area contributed by atoms with Crippen molar-refractivity contribution in [3.63, 3.8) is 0 Å². The molecule has 2 aliphatic rings. The largest absolute Gasteiger partial charge is 0.349 e. The van der Waals surface area contributed by atoms with Crippen molar-refractivity contribution in [2.45, 2.75) is 32.2 Å². The Bertz CT molecular complexity index is 660. The lowest BCUT2D eigenvalue weighted by Crippen LogP contribution is -2.30. The van der Waals surface area contributed by atoms with Gasteiger partial charge in [-0.3, -0.25) is 9.36 Å². The molecule has 1 unspecified atom stereocenters. The topological polar surface area (TPSA) is 59.8 Å². The Labute approximate surface area is 123 Å². The first-order valence-corrected chi connectivity index (χ1v) is 7.51. The molecule has 0 aliphatic heterocycles. The van der Waals surface area contributed by atoms with Crippen LogP contribution < -0.4 is 5.32 Å². The predicted octanol–water partition coefficient (Wildman–Crippen LogP) is 2.07. The van der Waals surface area contributed by atoms with E-state index in [4.69, 9.17) is 0 Å². The molecule has 1 aromatic heterocycles. The third-order valence-electron chi connectivity index (χ3n) is 4.93. The minimum atomic E-state index is 0.178. The van der Waals surface area contributed by atoms with Gasteiger partial charge in [0.15, 0.2) is 5.82 Å². The Kier molecular flexibility index (Phi) is 2.80. The minimum Gasteiger partial charge on any atom is -0.349 e. The van der Waals surface area contributed by atoms with Crippen LogP contribution in [0.4, 0.5) is 0 Å². The van der Waals surface area contributed by atoms with E-state index in [0.717, 1.165) is 17.9 Å². The molecule has 1 aromatic carbocycles. The van der Waals surface area contributed by atoms with Crippen LogP contribution in [-0.4, -0.2) is 20.7 Å². The molecule has 0 bridgehead atoms. The average Bonchev–Trinajstić information content (AvgIpc) is 3.10. The van der Waals surface area contributed by atoms with Gasteiger partial charge in [-0.15, -0.1) is 10.2 Å². The van der Waals surface area contributed by atoms with Gasteiger partial charge in [-0.1, -0.05) is 24.6 Å². The van der Waals surface area contributed by atoms with Crippen LogP contribution in [0, 0.1) is 11.3 Å². The standard InChI is InChI=1S/C16H18N4O/c21-15(13-9-16(13)7-4-8-16)17-10-14-19-18-11-20(14)12-5-2-1-3-6-12/h1-3,5-6,11,13H,4,7-10H2,(H,17,21). The molecule has 1 atom stereocenters. The molecule has 2 aliphatic carbocycles. The molecule has 21 heavy (non-hydrogen) atoms. The summed E-state index contributed by atoms with van der Waals surface area (Å²) in [4.78, 5) is 12.2. The van der Waals surface area contributed by atoms with Crippen LogP contribution in [0.1, 0.15) is 31.5 Å². The lowest BCUT2D eigenvalue weighted by Gasteiger charge is -2.26. The van der Waals surface area contributed by atoms with Gasteiger partial charge in [0, 0.05) is 11.6 Å². The van der Waals surface area contributed by atoms with E-state index in [1.807, 2.05) is 34.9 Å². The molecule has 0 saturated heterocycles. The van der Waals surface area contributed by atoms with Crippen LogP contribution >= 0.6 is 0 Å². The van der Waals surface area contributed by atoms with Crippen molar-refractivity contribution >= 4 is 5.91 Å². The van der Waals surface area contributed by atoms with Gasteiger partial charge in [0.25, 0.3) is 0 Å². The predicted molar refractivity (Wildman–Crippen MR) is 77.6 cm³/mol. The van der Waals surface area contributed by atoms with E-state index in [9.17, 15) is 4.79 Å². The molecular weight excluding hydrogens is 264 g/mol. The van der Waals surface area contributed by atoms with E-state index in [2.05, 4.69) is 15.5 Å². The van der Waals surface area contributed by atoms with E-state index < -0.39 is 0 Å². The van der Waals surface area contributed by atoms with Crippen molar-refractivity contribution in [2.24, 2.45) is 11.3 Å². The number of nitrogens with one attached hydrogen (secondary N) is 1. The molecule has 1 N–H and O–H groups in total. The van der Waals surface area contributed by atoms with Gasteiger partial charge in [-0.25, -0.2) is 0 Å². The summed E-state index contributed by atoms with van der Waals surface area (Å²) in [6, 6.07) is 9.92. The van der Waals surface area contributed by atoms with Crippen molar-refractivity contribution in [1.29, 1.82) is 0 Å². The van der Waals surface area contributed by atoms with E-state index >= 15 is 0 Å². The van der Waals surface area contributed by atoms with E-state index in [1.54, 1.807) is 6.33 Å². The van der Waals surface area contributed by atoms with Gasteiger partial charge < -0.3 is 5.32 Å². The van der Waals surface area contributed by atoms with Crippen LogP contribution in [-0.2, 0) is 11.3 Å². The van der Waals surface area contributed by atoms with Gasteiger partial charge in [-0.05, 0) is 36.8 Å². The number of rotatable bonds is 4. The van der Waals surface area contributed by atoms with Crippen molar-refractivity contribution in [1.82, 2.24) is 20.1 Å². The molecule has 1 heterocycles. The Hall–Kier alpha value is -2.17. The molecule has 2 saturated carbocycles. The first-order chi connectivity index (χ1) is 10.3. The highest BCUT2D eigenvalue weighted by atomic mass is 16.2. The fraction of sp³-hybridized carbons (Fsp3) is 0.438. The summed E-state index contributed by atoms with van der Waals surface area (Å²) in [6.45, 7) is 0.431. The van der Waals surface area contributed by atoms with E-state index in [-0.39, 0.29) is 11.8 Å². The Balaban J connectivity index is 1.42. The highest BCUT2D eigenvalue weighted by Crippen LogP contribution is 2.65. The molecule has 1 amide bonds. The van der Waals surface area contributed by atoms with Gasteiger partial charge >= 0.3 is 0 Å². The summed E-state index contributed by atoms with van der Waals surface area (Å²) >= 11 is 0. The Morgan fingerprint density at radius 3 is 2.81 bits per heavy atom. The molecule has 4 rings (SSSR count). The highest BCUT2D eigenvalue weighted by Gasteiger charge is 2.60. The zero-order valence-electron chi connectivity index (χ0n) is 11.8. The Morgan fingerprint density at radius 2 is 2.14 bits per heavy atom. The highest BCUT2D eigenvalue weighted by molar-refractivity contribution is 5.82. The number of benzene rings is 1. The maximum Gasteiger partial charge on any atom is 0.224 e. The fourth-order valence-corrected chi connectivity index (χ4v) is 3.37. The van der Waals surface area contributed by atoms with Crippen LogP contribution in [0.3, 0.4) is 0 Å². The molecule has 5 heteroatoms. The van der Waals surface area contributed by atoms with Gasteiger partial charge in [0.1, 0.15) is 6.33 Å². The molecular formula is C16H18N4O. The number of hydrogen-bond acceptors (Lipinski definition) is 3. The van der Waals surface area contributed by atoms with E-state index in [1.165, 1.54) is 19.3 Å². The fourth-order valence-electron chi connectivity index (χ4n) is 3.37. The lowest BCUT2D eigenvalue weighted by molar-refractivity contribution is -0.123. The van der Waals surface area contributed by atoms with Gasteiger partial charge in [0.05, 0.1) is 6.54 Å². The molecule has 2 fully saturated rings. The first-order valence-electron chi connectivity index (χ1n) is 7.51. The smallest absolute Gasteiger partial charge is 0.224 e. The second kappa shape index (κ2) is 4.69. The summed E-state index contributed by atoms with van der Waals surface area (Å²) in [7, 11) is 0. The number of nitrogens with zero attached hydrogens (tertiary/aromatic N) is 3. The van der Waals surface area contributed by atoms with E-state index in [0.29, 0.717) is 12.0 Å². The molecule has 1 spiro atoms. The number of carbonyl (C=O) groups excluding carboxylic acids is 1. The number of para-hydroxylation sites is 1. The Morgan fingerprint density at radius 1 is 1.33 bits per heavy atom. The SMILES string of the molecule is O=C(NCc1nncn1-c1ccccc1)C1CC12CCC2. The quantitative estimate of drug-likeness (QED) is 0.934. The third kappa shape index (κ3) is 2.13. The molecule has 108 valence electrons. The van der Waals surface area contributed by atoms with Crippen molar-refractivity contribution < 1.29 is 4.79 Å². The van der Waals surface area contributed by atoms with Crippen LogP contribution in [0.5, 0.6) is 0 Å². The first kappa shape index (κ1) is 12.6. The number of hydrogen-bond donors (Lipinski definition) is 1. The normalized spacial score (nSPS) is 21.8. The average molecular weight is 282 g/mol. The van der Waals surface area contributed by atoms with Crippen LogP contribution in [0.15, 0.2) is 36.7 Å². The van der Waals surface area contributed by atoms with Gasteiger partial charge in [-0.2, -0.15) is 0 Å². The molecule has 0 radical (unpaired) electrons. The summed E-state index contributed by atoms with van der Waals surface area (Å²) in [5.41, 5.74) is 1.38. The maximum atomic E-state index is 12.2. The van der Waals surface area contributed by atoms with Gasteiger partial charge in [0.2, 0.25) is 5.91 Å². The minimum absolute atomic E-state index is 0.178. The zero-order chi connectivity index (χ0) is 14.3. The van der Waals surface area contributed by atoms with Crippen molar-refractivity contribution in [2.75, 3.05) is 0 Å². The number of carbonyl (C=O) groups is 1. The van der Waals surface area contributed by atoms with Crippen LogP contribution in [0.25, 0.3) is 5.69 Å². The summed E-state index contributed by atoms with van der Waals surface area (Å²) in [5.74, 6) is 1.18. The third-order valence-corrected chi connectivity index (χ3v) is 4.93. The summed E-state index contributed by atoms with van der Waals surface area (Å²) in [6.07, 6.45) is 6.49. The molecule has 5 nitrogen and oxygen atoms in total. The van der Waals surface area contributed by atoms with Crippen LogP contribution in [0.2, 0.25) is 0 Å². The zero-order valence-corrected chi connectivity index (χ0v) is 11.8. The number of aromatic nitrogens is 3. The molecule has 2 aromatic rings. The monoisotopic (exact) mass is 282 g/mol. The van der Waals surface area contributed by atoms with Crippen molar-refractivity contribution in [3.8, 4) is 5.69 Å². The summed E-state index contributed by atoms with van der Waals surface area (Å²) in [5, 5.41) is 11.1. The second-order valence-corrected chi connectivity index (χ2v) is 6.14. The second-order valence-electron chi connectivity index (χ2n) is 6.14. The van der Waals surface area contributed by atoms with Crippen molar-refractivity contribution in [3.05, 3.63) is 42.5 Å². The lowest BCUT2D eigenvalue weighted by atomic mass is 9.80.